The standard InChI is InChI=1S/C23H24N2O4S/c1-16-13-18-5-3-4-6-21(18)25(16)15-22-20(11-12-29-22)23(26)24-14-17-7-9-19(10-8-17)30(2,27)28/h3-12,16H,13-15H2,1-2H3,(H,24,26). The van der Waals surface area contributed by atoms with Gasteiger partial charge in [-0.15, -0.1) is 0 Å². The van der Waals surface area contributed by atoms with Gasteiger partial charge in [0.2, 0.25) is 0 Å². The number of fused-ring (bicyclic) bond motifs is 1. The number of benzene rings is 2. The number of carbonyl (C=O) groups is 1. The molecule has 7 heteroatoms. The molecule has 1 amide bonds. The second-order valence-electron chi connectivity index (χ2n) is 7.67. The van der Waals surface area contributed by atoms with E-state index in [1.165, 1.54) is 23.8 Å². The number of hydrogen-bond acceptors (Lipinski definition) is 5. The highest BCUT2D eigenvalue weighted by molar-refractivity contribution is 7.90. The average Bonchev–Trinajstić information content (AvgIpc) is 3.31. The first-order valence-corrected chi connectivity index (χ1v) is 11.7. The van der Waals surface area contributed by atoms with Crippen molar-refractivity contribution in [3.05, 3.63) is 83.3 Å². The molecule has 2 aromatic carbocycles. The summed E-state index contributed by atoms with van der Waals surface area (Å²) in [6, 6.07) is 16.8. The highest BCUT2D eigenvalue weighted by Crippen LogP contribution is 2.33. The van der Waals surface area contributed by atoms with Crippen molar-refractivity contribution in [3.8, 4) is 0 Å². The molecule has 1 N–H and O–H groups in total. The largest absolute Gasteiger partial charge is 0.467 e. The number of anilines is 1. The first-order chi connectivity index (χ1) is 14.3. The lowest BCUT2D eigenvalue weighted by atomic mass is 10.1. The molecule has 0 fully saturated rings. The summed E-state index contributed by atoms with van der Waals surface area (Å²) in [5, 5.41) is 2.89. The van der Waals surface area contributed by atoms with Crippen LogP contribution in [0, 0.1) is 0 Å². The predicted octanol–water partition coefficient (Wildman–Crippen LogP) is 3.56. The van der Waals surface area contributed by atoms with Gasteiger partial charge in [-0.2, -0.15) is 0 Å². The molecule has 0 aliphatic carbocycles. The molecule has 1 aromatic heterocycles. The second kappa shape index (κ2) is 7.99. The number of hydrogen-bond donors (Lipinski definition) is 1. The van der Waals surface area contributed by atoms with Crippen LogP contribution in [0.5, 0.6) is 0 Å². The van der Waals surface area contributed by atoms with E-state index in [1.807, 2.05) is 12.1 Å². The number of furan rings is 1. The van der Waals surface area contributed by atoms with Crippen molar-refractivity contribution in [2.45, 2.75) is 37.4 Å². The average molecular weight is 425 g/mol. The second-order valence-corrected chi connectivity index (χ2v) is 9.68. The minimum Gasteiger partial charge on any atom is -0.467 e. The van der Waals surface area contributed by atoms with Gasteiger partial charge in [0.25, 0.3) is 5.91 Å². The molecule has 4 rings (SSSR count). The molecule has 1 atom stereocenters. The molecule has 1 unspecified atom stereocenters. The van der Waals surface area contributed by atoms with Crippen LogP contribution in [0.1, 0.15) is 34.2 Å². The topological polar surface area (TPSA) is 79.6 Å². The zero-order valence-corrected chi connectivity index (χ0v) is 17.8. The highest BCUT2D eigenvalue weighted by Gasteiger charge is 2.27. The number of para-hydroxylation sites is 1. The van der Waals surface area contributed by atoms with Gasteiger partial charge in [-0.1, -0.05) is 30.3 Å². The van der Waals surface area contributed by atoms with Gasteiger partial charge >= 0.3 is 0 Å². The maximum absolute atomic E-state index is 12.7. The summed E-state index contributed by atoms with van der Waals surface area (Å²) < 4.78 is 28.8. The lowest BCUT2D eigenvalue weighted by Gasteiger charge is -2.24. The van der Waals surface area contributed by atoms with Crippen LogP contribution in [0.15, 0.2) is 70.2 Å². The molecule has 2 heterocycles. The van der Waals surface area contributed by atoms with E-state index < -0.39 is 9.84 Å². The first kappa shape index (κ1) is 20.2. The fraction of sp³-hybridized carbons (Fsp3) is 0.261. The van der Waals surface area contributed by atoms with Gasteiger partial charge in [0.15, 0.2) is 9.84 Å². The molecule has 1 aliphatic rings. The zero-order valence-electron chi connectivity index (χ0n) is 17.0. The SMILES string of the molecule is CC1Cc2ccccc2N1Cc1occc1C(=O)NCc1ccc(S(C)(=O)=O)cc1. The highest BCUT2D eigenvalue weighted by atomic mass is 32.2. The molecule has 0 radical (unpaired) electrons. The van der Waals surface area contributed by atoms with Crippen LogP contribution in [0.3, 0.4) is 0 Å². The predicted molar refractivity (Wildman–Crippen MR) is 115 cm³/mol. The van der Waals surface area contributed by atoms with Gasteiger partial charge in [-0.25, -0.2) is 8.42 Å². The maximum Gasteiger partial charge on any atom is 0.255 e. The number of nitrogens with one attached hydrogen (secondary N) is 1. The van der Waals surface area contributed by atoms with Crippen LogP contribution < -0.4 is 10.2 Å². The van der Waals surface area contributed by atoms with Crippen molar-refractivity contribution < 1.29 is 17.6 Å². The van der Waals surface area contributed by atoms with Crippen molar-refractivity contribution in [3.63, 3.8) is 0 Å². The number of carbonyl (C=O) groups excluding carboxylic acids is 1. The third-order valence-corrected chi connectivity index (χ3v) is 6.59. The quantitative estimate of drug-likeness (QED) is 0.654. The molecule has 0 saturated carbocycles. The Morgan fingerprint density at radius 3 is 2.60 bits per heavy atom. The van der Waals surface area contributed by atoms with Crippen molar-refractivity contribution in [1.82, 2.24) is 5.32 Å². The summed E-state index contributed by atoms with van der Waals surface area (Å²) in [7, 11) is -3.23. The van der Waals surface area contributed by atoms with Crippen LogP contribution >= 0.6 is 0 Å². The van der Waals surface area contributed by atoms with E-state index in [0.717, 1.165) is 12.0 Å². The minimum absolute atomic E-state index is 0.217. The zero-order chi connectivity index (χ0) is 21.3. The van der Waals surface area contributed by atoms with Crippen LogP contribution in [0.4, 0.5) is 5.69 Å². The molecule has 0 bridgehead atoms. The third-order valence-electron chi connectivity index (χ3n) is 5.46. The molecule has 6 nitrogen and oxygen atoms in total. The Morgan fingerprint density at radius 2 is 1.87 bits per heavy atom. The van der Waals surface area contributed by atoms with Crippen molar-refractivity contribution in [1.29, 1.82) is 0 Å². The van der Waals surface area contributed by atoms with Crippen LogP contribution in [0.2, 0.25) is 0 Å². The Labute approximate surface area is 176 Å². The van der Waals surface area contributed by atoms with E-state index in [1.54, 1.807) is 30.3 Å². The summed E-state index contributed by atoms with van der Waals surface area (Å²) in [4.78, 5) is 15.3. The van der Waals surface area contributed by atoms with E-state index in [9.17, 15) is 13.2 Å². The number of nitrogens with zero attached hydrogens (tertiary/aromatic N) is 1. The lowest BCUT2D eigenvalue weighted by molar-refractivity contribution is 0.0949. The summed E-state index contributed by atoms with van der Waals surface area (Å²) in [5.74, 6) is 0.412. The molecule has 1 aliphatic heterocycles. The van der Waals surface area contributed by atoms with Gasteiger partial charge < -0.3 is 14.6 Å². The van der Waals surface area contributed by atoms with E-state index >= 15 is 0 Å². The fourth-order valence-electron chi connectivity index (χ4n) is 3.82. The lowest BCUT2D eigenvalue weighted by Crippen LogP contribution is -2.30. The van der Waals surface area contributed by atoms with Gasteiger partial charge in [-0.3, -0.25) is 4.79 Å². The molecule has 0 spiro atoms. The Balaban J connectivity index is 1.44. The molecule has 3 aromatic rings. The smallest absolute Gasteiger partial charge is 0.255 e. The Hall–Kier alpha value is -3.06. The van der Waals surface area contributed by atoms with Gasteiger partial charge in [0.05, 0.1) is 23.3 Å². The summed E-state index contributed by atoms with van der Waals surface area (Å²) in [5.41, 5.74) is 3.82. The fourth-order valence-corrected chi connectivity index (χ4v) is 4.45. The molecule has 30 heavy (non-hydrogen) atoms. The van der Waals surface area contributed by atoms with Crippen LogP contribution in [-0.4, -0.2) is 26.6 Å². The summed E-state index contributed by atoms with van der Waals surface area (Å²) in [6.45, 7) is 3.00. The van der Waals surface area contributed by atoms with Crippen molar-refractivity contribution >= 4 is 21.4 Å². The minimum atomic E-state index is -3.23. The number of amides is 1. The molecule has 156 valence electrons. The number of rotatable bonds is 6. The summed E-state index contributed by atoms with van der Waals surface area (Å²) >= 11 is 0. The van der Waals surface area contributed by atoms with E-state index in [4.69, 9.17) is 4.42 Å². The van der Waals surface area contributed by atoms with E-state index in [2.05, 4.69) is 29.3 Å². The Bertz CT molecular complexity index is 1170. The van der Waals surface area contributed by atoms with Crippen LogP contribution in [0.25, 0.3) is 0 Å². The van der Waals surface area contributed by atoms with Gasteiger partial charge in [0.1, 0.15) is 5.76 Å². The third kappa shape index (κ3) is 4.11. The van der Waals surface area contributed by atoms with Gasteiger partial charge in [0, 0.05) is 24.5 Å². The molecule has 0 saturated heterocycles. The van der Waals surface area contributed by atoms with Crippen molar-refractivity contribution in [2.75, 3.05) is 11.2 Å². The monoisotopic (exact) mass is 424 g/mol. The van der Waals surface area contributed by atoms with E-state index in [0.29, 0.717) is 30.5 Å². The molecular weight excluding hydrogens is 400 g/mol. The van der Waals surface area contributed by atoms with Crippen molar-refractivity contribution in [2.24, 2.45) is 0 Å². The van der Waals surface area contributed by atoms with Gasteiger partial charge in [-0.05, 0) is 48.7 Å². The van der Waals surface area contributed by atoms with E-state index in [-0.39, 0.29) is 10.8 Å². The number of sulfone groups is 1. The Morgan fingerprint density at radius 1 is 1.13 bits per heavy atom. The maximum atomic E-state index is 12.7. The normalized spacial score (nSPS) is 15.8. The molecular formula is C23H24N2O4S. The van der Waals surface area contributed by atoms with Crippen LogP contribution in [-0.2, 0) is 29.3 Å². The Kier molecular flexibility index (Phi) is 5.39. The first-order valence-electron chi connectivity index (χ1n) is 9.81. The summed E-state index contributed by atoms with van der Waals surface area (Å²) in [6.07, 6.45) is 3.68.